The molecular weight excluding hydrogens is 226 g/mol. The molecule has 1 aliphatic rings. The van der Waals surface area contributed by atoms with Crippen molar-refractivity contribution in [1.29, 1.82) is 0 Å². The van der Waals surface area contributed by atoms with Crippen LogP contribution in [0.4, 0.5) is 0 Å². The maximum absolute atomic E-state index is 6.32. The van der Waals surface area contributed by atoms with Gasteiger partial charge in [0.1, 0.15) is 0 Å². The van der Waals surface area contributed by atoms with Gasteiger partial charge in [0.2, 0.25) is 0 Å². The van der Waals surface area contributed by atoms with Gasteiger partial charge < -0.3 is 4.43 Å². The zero-order chi connectivity index (χ0) is 13.1. The maximum atomic E-state index is 6.32. The van der Waals surface area contributed by atoms with Crippen LogP contribution in [0.3, 0.4) is 0 Å². The molecule has 1 aliphatic heterocycles. The van der Waals surface area contributed by atoms with E-state index in [2.05, 4.69) is 45.3 Å². The van der Waals surface area contributed by atoms with Crippen LogP contribution in [0, 0.1) is 0 Å². The van der Waals surface area contributed by atoms with E-state index in [1.54, 1.807) is 0 Å². The Morgan fingerprint density at radius 1 is 1.41 bits per heavy atom. The largest absolute Gasteiger partial charge is 0.415 e. The van der Waals surface area contributed by atoms with Gasteiger partial charge in [-0.25, -0.2) is 0 Å². The molecular formula is C14H29NOSi. The third-order valence-corrected chi connectivity index (χ3v) is 8.81. The highest BCUT2D eigenvalue weighted by Gasteiger charge is 2.38. The molecule has 1 rings (SSSR count). The first kappa shape index (κ1) is 14.9. The molecule has 0 amide bonds. The van der Waals surface area contributed by atoms with Crippen molar-refractivity contribution >= 4 is 8.32 Å². The van der Waals surface area contributed by atoms with Crippen LogP contribution in [-0.4, -0.2) is 39.0 Å². The fourth-order valence-corrected chi connectivity index (χ4v) is 3.05. The maximum Gasteiger partial charge on any atom is 0.192 e. The Morgan fingerprint density at radius 2 is 2.06 bits per heavy atom. The SMILES string of the molecule is C=CCN1CCC[C@H]1CO[Si](C)(C)C(C)(C)C. The highest BCUT2D eigenvalue weighted by atomic mass is 28.4. The van der Waals surface area contributed by atoms with Crippen LogP contribution in [0.2, 0.25) is 18.1 Å². The van der Waals surface area contributed by atoms with Gasteiger partial charge in [-0.3, -0.25) is 4.90 Å². The molecule has 0 aromatic carbocycles. The van der Waals surface area contributed by atoms with Crippen LogP contribution in [0.1, 0.15) is 33.6 Å². The summed E-state index contributed by atoms with van der Waals surface area (Å²) in [4.78, 5) is 2.50. The van der Waals surface area contributed by atoms with E-state index in [9.17, 15) is 0 Å². The Morgan fingerprint density at radius 3 is 2.59 bits per heavy atom. The zero-order valence-electron chi connectivity index (χ0n) is 12.3. The van der Waals surface area contributed by atoms with E-state index >= 15 is 0 Å². The van der Waals surface area contributed by atoms with E-state index in [-0.39, 0.29) is 0 Å². The third kappa shape index (κ3) is 3.93. The highest BCUT2D eigenvalue weighted by molar-refractivity contribution is 6.74. The molecule has 2 nitrogen and oxygen atoms in total. The second kappa shape index (κ2) is 5.68. The molecule has 0 unspecified atom stereocenters. The molecule has 1 saturated heterocycles. The summed E-state index contributed by atoms with van der Waals surface area (Å²) in [6.45, 7) is 18.5. The lowest BCUT2D eigenvalue weighted by Crippen LogP contribution is -2.44. The van der Waals surface area contributed by atoms with Crippen LogP contribution < -0.4 is 0 Å². The zero-order valence-corrected chi connectivity index (χ0v) is 13.3. The van der Waals surface area contributed by atoms with Crippen molar-refractivity contribution in [3.63, 3.8) is 0 Å². The molecule has 0 radical (unpaired) electrons. The normalized spacial score (nSPS) is 23.0. The van der Waals surface area contributed by atoms with Crippen LogP contribution in [0.25, 0.3) is 0 Å². The number of likely N-dealkylation sites (tertiary alicyclic amines) is 1. The summed E-state index contributed by atoms with van der Waals surface area (Å²) in [7, 11) is -1.58. The summed E-state index contributed by atoms with van der Waals surface area (Å²) in [6.07, 6.45) is 4.59. The van der Waals surface area contributed by atoms with Gasteiger partial charge in [0.15, 0.2) is 8.32 Å². The third-order valence-electron chi connectivity index (χ3n) is 4.31. The summed E-state index contributed by atoms with van der Waals surface area (Å²) >= 11 is 0. The van der Waals surface area contributed by atoms with Gasteiger partial charge in [-0.2, -0.15) is 0 Å². The summed E-state index contributed by atoms with van der Waals surface area (Å²) in [5, 5.41) is 0.314. The van der Waals surface area contributed by atoms with Crippen molar-refractivity contribution in [2.75, 3.05) is 19.7 Å². The number of nitrogens with zero attached hydrogens (tertiary/aromatic N) is 1. The molecule has 17 heavy (non-hydrogen) atoms. The standard InChI is InChI=1S/C14H29NOSi/c1-7-10-15-11-8-9-13(15)12-16-17(5,6)14(2,3)4/h7,13H,1,8-12H2,2-6H3/t13-/m0/s1. The van der Waals surface area contributed by atoms with Crippen molar-refractivity contribution in [3.05, 3.63) is 12.7 Å². The van der Waals surface area contributed by atoms with Crippen LogP contribution in [0.15, 0.2) is 12.7 Å². The van der Waals surface area contributed by atoms with Crippen molar-refractivity contribution in [1.82, 2.24) is 4.90 Å². The molecule has 0 aromatic heterocycles. The second-order valence-electron chi connectivity index (χ2n) is 6.65. The topological polar surface area (TPSA) is 12.5 Å². The molecule has 0 aromatic rings. The fraction of sp³-hybridized carbons (Fsp3) is 0.857. The molecule has 0 saturated carbocycles. The Kier molecular flexibility index (Phi) is 4.99. The minimum atomic E-state index is -1.58. The lowest BCUT2D eigenvalue weighted by molar-refractivity contribution is 0.173. The quantitative estimate of drug-likeness (QED) is 0.549. The number of hydrogen-bond donors (Lipinski definition) is 0. The molecule has 100 valence electrons. The van der Waals surface area contributed by atoms with Crippen LogP contribution in [0.5, 0.6) is 0 Å². The fourth-order valence-electron chi connectivity index (χ4n) is 2.01. The monoisotopic (exact) mass is 255 g/mol. The summed E-state index contributed by atoms with van der Waals surface area (Å²) in [6, 6.07) is 0.613. The molecule has 1 fully saturated rings. The molecule has 3 heteroatoms. The lowest BCUT2D eigenvalue weighted by atomic mass is 10.2. The average Bonchev–Trinajstić information content (AvgIpc) is 2.61. The smallest absolute Gasteiger partial charge is 0.192 e. The van der Waals surface area contributed by atoms with E-state index < -0.39 is 8.32 Å². The van der Waals surface area contributed by atoms with Gasteiger partial charge in [0, 0.05) is 19.2 Å². The van der Waals surface area contributed by atoms with Gasteiger partial charge in [-0.05, 0) is 37.5 Å². The molecule has 0 spiro atoms. The van der Waals surface area contributed by atoms with Crippen LogP contribution in [-0.2, 0) is 4.43 Å². The van der Waals surface area contributed by atoms with Gasteiger partial charge in [-0.1, -0.05) is 26.8 Å². The van der Waals surface area contributed by atoms with Crippen molar-refractivity contribution in [2.45, 2.75) is 57.8 Å². The van der Waals surface area contributed by atoms with E-state index in [0.717, 1.165) is 13.2 Å². The minimum Gasteiger partial charge on any atom is -0.415 e. The number of hydrogen-bond acceptors (Lipinski definition) is 2. The van der Waals surface area contributed by atoms with Crippen molar-refractivity contribution in [2.24, 2.45) is 0 Å². The molecule has 0 aliphatic carbocycles. The van der Waals surface area contributed by atoms with Gasteiger partial charge in [0.05, 0.1) is 0 Å². The molecule has 1 heterocycles. The lowest BCUT2D eigenvalue weighted by Gasteiger charge is -2.38. The first-order valence-corrected chi connectivity index (χ1v) is 9.67. The second-order valence-corrected chi connectivity index (χ2v) is 11.5. The summed E-state index contributed by atoms with van der Waals surface area (Å²) < 4.78 is 6.32. The van der Waals surface area contributed by atoms with Crippen molar-refractivity contribution < 1.29 is 4.43 Å². The van der Waals surface area contributed by atoms with E-state index in [4.69, 9.17) is 4.43 Å². The Labute approximate surface area is 108 Å². The first-order chi connectivity index (χ1) is 7.78. The van der Waals surface area contributed by atoms with Gasteiger partial charge in [-0.15, -0.1) is 6.58 Å². The van der Waals surface area contributed by atoms with Crippen LogP contribution >= 0.6 is 0 Å². The Hall–Kier alpha value is -0.123. The van der Waals surface area contributed by atoms with E-state index in [1.807, 2.05) is 6.08 Å². The molecule has 1 atom stereocenters. The molecule has 0 bridgehead atoms. The summed E-state index contributed by atoms with van der Waals surface area (Å²) in [5.41, 5.74) is 0. The minimum absolute atomic E-state index is 0.314. The van der Waals surface area contributed by atoms with E-state index in [0.29, 0.717) is 11.1 Å². The van der Waals surface area contributed by atoms with Gasteiger partial charge >= 0.3 is 0 Å². The Bertz CT molecular complexity index is 257. The number of rotatable bonds is 5. The highest BCUT2D eigenvalue weighted by Crippen LogP contribution is 2.37. The first-order valence-electron chi connectivity index (χ1n) is 6.77. The molecule has 0 N–H and O–H groups in total. The summed E-state index contributed by atoms with van der Waals surface area (Å²) in [5.74, 6) is 0. The predicted octanol–water partition coefficient (Wildman–Crippen LogP) is 3.66. The van der Waals surface area contributed by atoms with Crippen molar-refractivity contribution in [3.8, 4) is 0 Å². The van der Waals surface area contributed by atoms with E-state index in [1.165, 1.54) is 19.4 Å². The predicted molar refractivity (Wildman–Crippen MR) is 77.9 cm³/mol. The Balaban J connectivity index is 2.47. The average molecular weight is 255 g/mol. The van der Waals surface area contributed by atoms with Gasteiger partial charge in [0.25, 0.3) is 0 Å².